The third-order valence-electron chi connectivity index (χ3n) is 6.04. The average molecular weight is 645 g/mol. The maximum absolute atomic E-state index is 13.5. The van der Waals surface area contributed by atoms with E-state index in [9.17, 15) is 19.6 Å². The normalized spacial score (nSPS) is 10.3. The smallest absolute Gasteiger partial charge is 0.340 e. The second-order valence-corrected chi connectivity index (χ2v) is 9.81. The van der Waals surface area contributed by atoms with E-state index in [-0.39, 0.29) is 42.1 Å². The largest absolute Gasteiger partial charge is 0.457 e. The van der Waals surface area contributed by atoms with Gasteiger partial charge in [0.05, 0.1) is 22.3 Å². The number of carbonyl (C=O) groups excluding carboxylic acids is 3. The summed E-state index contributed by atoms with van der Waals surface area (Å²) in [6.45, 7) is 1.41. The van der Waals surface area contributed by atoms with Gasteiger partial charge in [-0.2, -0.15) is 5.26 Å². The van der Waals surface area contributed by atoms with Crippen LogP contribution in [-0.2, 0) is 34.0 Å². The summed E-state index contributed by atoms with van der Waals surface area (Å²) in [5.74, 6) is -2.54. The van der Waals surface area contributed by atoms with E-state index in [0.717, 1.165) is 11.1 Å². The Morgan fingerprint density at radius 3 is 1.35 bits per heavy atom. The molecule has 40 heavy (non-hydrogen) atoms. The minimum absolute atomic E-state index is 0.0334. The van der Waals surface area contributed by atoms with Crippen molar-refractivity contribution in [2.75, 3.05) is 0 Å². The van der Waals surface area contributed by atoms with Crippen molar-refractivity contribution in [3.8, 4) is 6.07 Å². The van der Waals surface area contributed by atoms with Crippen molar-refractivity contribution in [3.63, 3.8) is 0 Å². The van der Waals surface area contributed by atoms with Gasteiger partial charge in [-0.15, -0.1) is 0 Å². The first-order valence-electron chi connectivity index (χ1n) is 12.3. The van der Waals surface area contributed by atoms with Gasteiger partial charge in [-0.25, -0.2) is 14.4 Å². The predicted molar refractivity (Wildman–Crippen MR) is 155 cm³/mol. The van der Waals surface area contributed by atoms with Gasteiger partial charge in [-0.1, -0.05) is 91.0 Å². The summed E-state index contributed by atoms with van der Waals surface area (Å²) in [4.78, 5) is 40.1. The summed E-state index contributed by atoms with van der Waals surface area (Å²) >= 11 is 1.88. The van der Waals surface area contributed by atoms with Crippen LogP contribution in [0, 0.1) is 21.8 Å². The Kier molecular flexibility index (Phi) is 9.65. The highest BCUT2D eigenvalue weighted by atomic mass is 127. The van der Waals surface area contributed by atoms with Crippen LogP contribution in [0.3, 0.4) is 0 Å². The van der Waals surface area contributed by atoms with E-state index in [2.05, 4.69) is 0 Å². The molecule has 200 valence electrons. The van der Waals surface area contributed by atoms with Gasteiger partial charge in [0.25, 0.3) is 0 Å². The summed E-state index contributed by atoms with van der Waals surface area (Å²) in [5.41, 5.74) is 1.64. The number of nitriles is 1. The Balaban J connectivity index is 1.73. The third kappa shape index (κ3) is 6.74. The van der Waals surface area contributed by atoms with E-state index in [0.29, 0.717) is 14.7 Å². The summed E-state index contributed by atoms with van der Waals surface area (Å²) in [6, 6.07) is 29.1. The van der Waals surface area contributed by atoms with Gasteiger partial charge >= 0.3 is 17.9 Å². The van der Waals surface area contributed by atoms with Crippen molar-refractivity contribution < 1.29 is 28.6 Å². The average Bonchev–Trinajstić information content (AvgIpc) is 2.99. The van der Waals surface area contributed by atoms with E-state index in [1.807, 2.05) is 71.1 Å². The SMILES string of the molecule is Cc1c(I)c(C(=O)OCc2ccccc2)c(C#N)c(C(=O)OCc2ccccc2)c1C(=O)OCc1ccccc1. The molecule has 0 saturated heterocycles. The molecule has 0 aromatic heterocycles. The first-order chi connectivity index (χ1) is 19.4. The molecule has 0 unspecified atom stereocenters. The highest BCUT2D eigenvalue weighted by Crippen LogP contribution is 2.32. The summed E-state index contributed by atoms with van der Waals surface area (Å²) < 4.78 is 16.9. The molecule has 0 radical (unpaired) electrons. The van der Waals surface area contributed by atoms with Crippen LogP contribution in [0.1, 0.15) is 58.9 Å². The predicted octanol–water partition coefficient (Wildman–Crippen LogP) is 6.54. The fraction of sp³-hybridized carbons (Fsp3) is 0.125. The van der Waals surface area contributed by atoms with Gasteiger partial charge in [0.1, 0.15) is 25.9 Å². The zero-order valence-corrected chi connectivity index (χ0v) is 23.7. The lowest BCUT2D eigenvalue weighted by Gasteiger charge is -2.18. The molecular formula is C32H24INO6. The van der Waals surface area contributed by atoms with E-state index < -0.39 is 17.9 Å². The molecule has 0 N–H and O–H groups in total. The number of halogens is 1. The van der Waals surface area contributed by atoms with Crippen LogP contribution in [0.2, 0.25) is 0 Å². The van der Waals surface area contributed by atoms with Gasteiger partial charge in [0, 0.05) is 3.57 Å². The van der Waals surface area contributed by atoms with Crippen molar-refractivity contribution >= 4 is 40.5 Å². The van der Waals surface area contributed by atoms with Crippen LogP contribution in [-0.4, -0.2) is 17.9 Å². The Hall–Kier alpha value is -4.49. The molecule has 0 aliphatic heterocycles. The number of hydrogen-bond donors (Lipinski definition) is 0. The Bertz CT molecular complexity index is 1560. The van der Waals surface area contributed by atoms with Crippen molar-refractivity contribution in [1.82, 2.24) is 0 Å². The van der Waals surface area contributed by atoms with Gasteiger partial charge in [0.2, 0.25) is 0 Å². The Morgan fingerprint density at radius 2 is 0.975 bits per heavy atom. The molecule has 0 aliphatic carbocycles. The van der Waals surface area contributed by atoms with Crippen molar-refractivity contribution in [2.45, 2.75) is 26.7 Å². The van der Waals surface area contributed by atoms with Crippen molar-refractivity contribution in [1.29, 1.82) is 5.26 Å². The maximum Gasteiger partial charge on any atom is 0.340 e. The van der Waals surface area contributed by atoms with Crippen LogP contribution in [0.25, 0.3) is 0 Å². The van der Waals surface area contributed by atoms with Crippen LogP contribution in [0.4, 0.5) is 0 Å². The number of benzene rings is 4. The zero-order chi connectivity index (χ0) is 28.5. The molecule has 0 heterocycles. The molecule has 0 aliphatic rings. The fourth-order valence-electron chi connectivity index (χ4n) is 3.99. The summed E-state index contributed by atoms with van der Waals surface area (Å²) in [5, 5.41) is 10.2. The lowest BCUT2D eigenvalue weighted by Crippen LogP contribution is -2.22. The Labute approximate surface area is 245 Å². The molecular weight excluding hydrogens is 621 g/mol. The van der Waals surface area contributed by atoms with Gasteiger partial charge in [0.15, 0.2) is 0 Å². The molecule has 0 atom stereocenters. The minimum Gasteiger partial charge on any atom is -0.457 e. The lowest BCUT2D eigenvalue weighted by atomic mass is 9.92. The molecule has 0 saturated carbocycles. The number of hydrogen-bond acceptors (Lipinski definition) is 7. The van der Waals surface area contributed by atoms with E-state index in [1.165, 1.54) is 0 Å². The minimum atomic E-state index is -0.927. The standard InChI is InChI=1S/C32H24INO6/c1-21-26(30(35)38-18-22-11-5-2-6-12-22)27(31(36)39-19-23-13-7-3-8-14-23)25(17-34)28(29(21)33)32(37)40-20-24-15-9-4-10-16-24/h2-16H,18-20H2,1H3. The molecule has 0 spiro atoms. The molecule has 8 heteroatoms. The number of esters is 3. The summed E-state index contributed by atoms with van der Waals surface area (Å²) in [6.07, 6.45) is 0. The number of carbonyl (C=O) groups is 3. The van der Waals surface area contributed by atoms with E-state index in [4.69, 9.17) is 14.2 Å². The van der Waals surface area contributed by atoms with E-state index in [1.54, 1.807) is 55.5 Å². The van der Waals surface area contributed by atoms with Gasteiger partial charge in [-0.05, 0) is 51.8 Å². The molecule has 0 amide bonds. The fourth-order valence-corrected chi connectivity index (χ4v) is 4.75. The molecule has 4 aromatic rings. The second-order valence-electron chi connectivity index (χ2n) is 8.74. The monoisotopic (exact) mass is 645 g/mol. The van der Waals surface area contributed by atoms with Gasteiger partial charge in [-0.3, -0.25) is 0 Å². The number of ether oxygens (including phenoxy) is 3. The number of nitrogens with zero attached hydrogens (tertiary/aromatic N) is 1. The molecule has 4 rings (SSSR count). The molecule has 0 bridgehead atoms. The summed E-state index contributed by atoms with van der Waals surface area (Å²) in [7, 11) is 0. The van der Waals surface area contributed by atoms with Gasteiger partial charge < -0.3 is 14.2 Å². The Morgan fingerprint density at radius 1 is 0.625 bits per heavy atom. The quantitative estimate of drug-likeness (QED) is 0.116. The van der Waals surface area contributed by atoms with Crippen molar-refractivity contribution in [3.05, 3.63) is 139 Å². The van der Waals surface area contributed by atoms with Crippen LogP contribution < -0.4 is 0 Å². The number of rotatable bonds is 9. The molecule has 0 fully saturated rings. The first-order valence-corrected chi connectivity index (χ1v) is 13.4. The first kappa shape index (κ1) is 28.5. The highest BCUT2D eigenvalue weighted by molar-refractivity contribution is 14.1. The third-order valence-corrected chi connectivity index (χ3v) is 7.38. The lowest BCUT2D eigenvalue weighted by molar-refractivity contribution is 0.0421. The second kappa shape index (κ2) is 13.5. The highest BCUT2D eigenvalue weighted by Gasteiger charge is 2.33. The molecule has 4 aromatic carbocycles. The zero-order valence-electron chi connectivity index (χ0n) is 21.6. The maximum atomic E-state index is 13.5. The van der Waals surface area contributed by atoms with Crippen molar-refractivity contribution in [2.24, 2.45) is 0 Å². The van der Waals surface area contributed by atoms with E-state index >= 15 is 0 Å². The van der Waals surface area contributed by atoms with Crippen LogP contribution in [0.5, 0.6) is 0 Å². The topological polar surface area (TPSA) is 103 Å². The molecule has 7 nitrogen and oxygen atoms in total. The van der Waals surface area contributed by atoms with Crippen LogP contribution in [0.15, 0.2) is 91.0 Å². The van der Waals surface area contributed by atoms with Crippen LogP contribution >= 0.6 is 22.6 Å².